The molecule has 0 aromatic rings. The van der Waals surface area contributed by atoms with Gasteiger partial charge in [-0.05, 0) is 38.8 Å². The van der Waals surface area contributed by atoms with Gasteiger partial charge in [-0.2, -0.15) is 0 Å². The first kappa shape index (κ1) is 25.7. The molecule has 0 bridgehead atoms. The predicted octanol–water partition coefficient (Wildman–Crippen LogP) is -0.473. The molecule has 0 aromatic heterocycles. The summed E-state index contributed by atoms with van der Waals surface area (Å²) in [7, 11) is 0. The number of rotatable bonds is 20. The number of hydrogen-bond acceptors (Lipinski definition) is 7. The summed E-state index contributed by atoms with van der Waals surface area (Å²) in [5.74, 6) is -0.118. The topological polar surface area (TPSA) is 138 Å². The van der Waals surface area contributed by atoms with Crippen LogP contribution in [0.15, 0.2) is 0 Å². The van der Waals surface area contributed by atoms with Crippen molar-refractivity contribution in [2.75, 3.05) is 65.8 Å². The van der Waals surface area contributed by atoms with Crippen LogP contribution < -0.4 is 22.1 Å². The summed E-state index contributed by atoms with van der Waals surface area (Å²) in [5.41, 5.74) is 10.7. The number of nitrogens with one attached hydrogen (secondary N) is 2. The molecule has 0 saturated carbocycles. The molecule has 9 heteroatoms. The van der Waals surface area contributed by atoms with E-state index in [0.29, 0.717) is 65.8 Å². The summed E-state index contributed by atoms with van der Waals surface area (Å²) in [6.45, 7) is 5.59. The molecule has 0 unspecified atom stereocenters. The standard InChI is InChI=1S/C18H38N4O5/c19-7-1-11-25-13-3-9-21-17(23)5-15-27-16-6-18(24)22-10-4-14-26-12-2-8-20/h1-16,19-20H2,(H,21,23)(H,22,24). The second-order valence-corrected chi connectivity index (χ2v) is 6.03. The summed E-state index contributed by atoms with van der Waals surface area (Å²) in [4.78, 5) is 23.2. The normalized spacial score (nSPS) is 10.7. The van der Waals surface area contributed by atoms with Gasteiger partial charge in [-0.15, -0.1) is 0 Å². The number of carbonyl (C=O) groups is 2. The first-order valence-electron chi connectivity index (χ1n) is 9.87. The molecule has 0 spiro atoms. The molecule has 0 rings (SSSR count). The van der Waals surface area contributed by atoms with Gasteiger partial charge in [-0.1, -0.05) is 0 Å². The quantitative estimate of drug-likeness (QED) is 0.206. The Kier molecular flexibility index (Phi) is 20.1. The number of nitrogens with two attached hydrogens (primary N) is 2. The summed E-state index contributed by atoms with van der Waals surface area (Å²) in [6, 6.07) is 0. The van der Waals surface area contributed by atoms with Crippen molar-refractivity contribution < 1.29 is 23.8 Å². The van der Waals surface area contributed by atoms with Crippen molar-refractivity contribution in [3.05, 3.63) is 0 Å². The van der Waals surface area contributed by atoms with E-state index in [-0.39, 0.29) is 24.7 Å². The third kappa shape index (κ3) is 20.9. The minimum Gasteiger partial charge on any atom is -0.381 e. The predicted molar refractivity (Wildman–Crippen MR) is 104 cm³/mol. The molecule has 6 N–H and O–H groups in total. The lowest BCUT2D eigenvalue weighted by molar-refractivity contribution is -0.122. The van der Waals surface area contributed by atoms with Crippen LogP contribution in [-0.4, -0.2) is 77.6 Å². The van der Waals surface area contributed by atoms with Crippen LogP contribution in [-0.2, 0) is 23.8 Å². The Morgan fingerprint density at radius 1 is 0.593 bits per heavy atom. The van der Waals surface area contributed by atoms with E-state index >= 15 is 0 Å². The van der Waals surface area contributed by atoms with E-state index in [1.54, 1.807) is 0 Å². The van der Waals surface area contributed by atoms with E-state index in [4.69, 9.17) is 25.7 Å². The van der Waals surface area contributed by atoms with E-state index < -0.39 is 0 Å². The Hall–Kier alpha value is -1.26. The molecule has 2 amide bonds. The zero-order valence-electron chi connectivity index (χ0n) is 16.5. The second-order valence-electron chi connectivity index (χ2n) is 6.03. The third-order valence-corrected chi connectivity index (χ3v) is 3.51. The Morgan fingerprint density at radius 3 is 1.37 bits per heavy atom. The van der Waals surface area contributed by atoms with Gasteiger partial charge in [0.1, 0.15) is 0 Å². The number of ether oxygens (including phenoxy) is 3. The highest BCUT2D eigenvalue weighted by atomic mass is 16.5. The summed E-state index contributed by atoms with van der Waals surface area (Å²) in [6.07, 6.45) is 3.83. The third-order valence-electron chi connectivity index (χ3n) is 3.51. The minimum absolute atomic E-state index is 0.0592. The number of amides is 2. The molecule has 9 nitrogen and oxygen atoms in total. The van der Waals surface area contributed by atoms with Gasteiger partial charge in [0.15, 0.2) is 0 Å². The van der Waals surface area contributed by atoms with Crippen molar-refractivity contribution in [1.29, 1.82) is 0 Å². The van der Waals surface area contributed by atoms with Gasteiger partial charge in [-0.25, -0.2) is 0 Å². The van der Waals surface area contributed by atoms with Crippen LogP contribution >= 0.6 is 0 Å². The molecule has 0 saturated heterocycles. The molecular weight excluding hydrogens is 352 g/mol. The highest BCUT2D eigenvalue weighted by Gasteiger charge is 2.03. The SMILES string of the molecule is NCCCOCCCNC(=O)CCOCCC(=O)NCCCOCCCN. The maximum Gasteiger partial charge on any atom is 0.222 e. The molecule has 0 aliphatic heterocycles. The smallest absolute Gasteiger partial charge is 0.222 e. The Labute approximate surface area is 162 Å². The summed E-state index contributed by atoms with van der Waals surface area (Å²) >= 11 is 0. The Bertz CT molecular complexity index is 327. The van der Waals surface area contributed by atoms with Gasteiger partial charge in [0.05, 0.1) is 13.2 Å². The molecule has 0 aliphatic rings. The van der Waals surface area contributed by atoms with Crippen LogP contribution in [0.3, 0.4) is 0 Å². The van der Waals surface area contributed by atoms with E-state index in [1.807, 2.05) is 0 Å². The van der Waals surface area contributed by atoms with Gasteiger partial charge < -0.3 is 36.3 Å². The van der Waals surface area contributed by atoms with Crippen molar-refractivity contribution in [2.45, 2.75) is 38.5 Å². The first-order chi connectivity index (χ1) is 13.2. The zero-order chi connectivity index (χ0) is 20.0. The number of carbonyl (C=O) groups excluding carboxylic acids is 2. The molecule has 0 aromatic carbocycles. The largest absolute Gasteiger partial charge is 0.381 e. The fraction of sp³-hybridized carbons (Fsp3) is 0.889. The van der Waals surface area contributed by atoms with Crippen LogP contribution in [0.1, 0.15) is 38.5 Å². The lowest BCUT2D eigenvalue weighted by Crippen LogP contribution is -2.27. The van der Waals surface area contributed by atoms with Crippen LogP contribution in [0.5, 0.6) is 0 Å². The van der Waals surface area contributed by atoms with E-state index in [0.717, 1.165) is 25.7 Å². The fourth-order valence-electron chi connectivity index (χ4n) is 1.99. The average molecular weight is 391 g/mol. The fourth-order valence-corrected chi connectivity index (χ4v) is 1.99. The maximum absolute atomic E-state index is 11.6. The van der Waals surface area contributed by atoms with Gasteiger partial charge in [-0.3, -0.25) is 9.59 Å². The van der Waals surface area contributed by atoms with Crippen molar-refractivity contribution in [3.63, 3.8) is 0 Å². The average Bonchev–Trinajstić information content (AvgIpc) is 2.66. The lowest BCUT2D eigenvalue weighted by Gasteiger charge is -2.08. The Morgan fingerprint density at radius 2 is 0.963 bits per heavy atom. The summed E-state index contributed by atoms with van der Waals surface area (Å²) < 4.78 is 16.0. The van der Waals surface area contributed by atoms with Crippen LogP contribution in [0.25, 0.3) is 0 Å². The van der Waals surface area contributed by atoms with E-state index in [2.05, 4.69) is 10.6 Å². The van der Waals surface area contributed by atoms with Crippen molar-refractivity contribution in [3.8, 4) is 0 Å². The molecule has 27 heavy (non-hydrogen) atoms. The van der Waals surface area contributed by atoms with Crippen LogP contribution in [0, 0.1) is 0 Å². The Balaban J connectivity index is 3.29. The molecule has 0 radical (unpaired) electrons. The van der Waals surface area contributed by atoms with E-state index in [1.165, 1.54) is 0 Å². The lowest BCUT2D eigenvalue weighted by atomic mass is 10.3. The highest BCUT2D eigenvalue weighted by molar-refractivity contribution is 5.76. The minimum atomic E-state index is -0.0592. The van der Waals surface area contributed by atoms with Crippen LogP contribution in [0.2, 0.25) is 0 Å². The molecule has 160 valence electrons. The molecular formula is C18H38N4O5. The maximum atomic E-state index is 11.6. The van der Waals surface area contributed by atoms with Crippen molar-refractivity contribution in [1.82, 2.24) is 10.6 Å². The number of hydrogen-bond donors (Lipinski definition) is 4. The molecule has 0 atom stereocenters. The van der Waals surface area contributed by atoms with Crippen molar-refractivity contribution >= 4 is 11.8 Å². The van der Waals surface area contributed by atoms with Crippen LogP contribution in [0.4, 0.5) is 0 Å². The van der Waals surface area contributed by atoms with Gasteiger partial charge in [0.25, 0.3) is 0 Å². The van der Waals surface area contributed by atoms with Gasteiger partial charge in [0, 0.05) is 52.4 Å². The highest BCUT2D eigenvalue weighted by Crippen LogP contribution is 1.90. The monoisotopic (exact) mass is 390 g/mol. The first-order valence-corrected chi connectivity index (χ1v) is 9.87. The molecule has 0 heterocycles. The summed E-state index contributed by atoms with van der Waals surface area (Å²) in [5, 5.41) is 5.61. The van der Waals surface area contributed by atoms with Gasteiger partial charge >= 0.3 is 0 Å². The van der Waals surface area contributed by atoms with Crippen molar-refractivity contribution in [2.24, 2.45) is 11.5 Å². The molecule has 0 aliphatic carbocycles. The second kappa shape index (κ2) is 21.0. The zero-order valence-corrected chi connectivity index (χ0v) is 16.5. The van der Waals surface area contributed by atoms with E-state index in [9.17, 15) is 9.59 Å². The van der Waals surface area contributed by atoms with Gasteiger partial charge in [0.2, 0.25) is 11.8 Å². The molecule has 0 fully saturated rings.